The minimum atomic E-state index is -0.852. The highest BCUT2D eigenvalue weighted by Gasteiger charge is 2.28. The fraction of sp³-hybridized carbons (Fsp3) is 0.333. The molecule has 1 unspecified atom stereocenters. The Bertz CT molecular complexity index is 808. The predicted octanol–water partition coefficient (Wildman–Crippen LogP) is 4.23. The van der Waals surface area contributed by atoms with E-state index in [1.165, 1.54) is 5.56 Å². The van der Waals surface area contributed by atoms with Gasteiger partial charge in [-0.1, -0.05) is 38.1 Å². The first-order valence-corrected chi connectivity index (χ1v) is 8.63. The van der Waals surface area contributed by atoms with Crippen LogP contribution in [0.2, 0.25) is 0 Å². The minimum absolute atomic E-state index is 0.0136. The second-order valence-electron chi connectivity index (χ2n) is 7.13. The summed E-state index contributed by atoms with van der Waals surface area (Å²) in [4.78, 5) is 25.6. The van der Waals surface area contributed by atoms with Crippen molar-refractivity contribution in [3.8, 4) is 0 Å². The fourth-order valence-electron chi connectivity index (χ4n) is 3.24. The predicted molar refractivity (Wildman–Crippen MR) is 98.0 cm³/mol. The normalized spacial score (nSPS) is 14.7. The quantitative estimate of drug-likeness (QED) is 0.888. The first-order chi connectivity index (χ1) is 11.9. The highest BCUT2D eigenvalue weighted by Crippen LogP contribution is 2.30. The van der Waals surface area contributed by atoms with E-state index in [4.69, 9.17) is 5.11 Å². The summed E-state index contributed by atoms with van der Waals surface area (Å²) in [5, 5.41) is 9.10. The SMILES string of the molecule is CC(C)Cc1ccc2c(c1)C(=O)N(c1ccc(C(C)C(=O)O)cc1)C2. The molecule has 0 aliphatic carbocycles. The van der Waals surface area contributed by atoms with Gasteiger partial charge < -0.3 is 10.0 Å². The molecule has 1 aliphatic heterocycles. The van der Waals surface area contributed by atoms with E-state index < -0.39 is 11.9 Å². The van der Waals surface area contributed by atoms with Crippen molar-refractivity contribution >= 4 is 17.6 Å². The molecular formula is C21H23NO3. The van der Waals surface area contributed by atoms with E-state index in [0.29, 0.717) is 12.5 Å². The van der Waals surface area contributed by atoms with Crippen molar-refractivity contribution in [3.05, 3.63) is 64.7 Å². The van der Waals surface area contributed by atoms with Crippen LogP contribution in [0.1, 0.15) is 53.7 Å². The number of carboxylic acids is 1. The fourth-order valence-corrected chi connectivity index (χ4v) is 3.24. The van der Waals surface area contributed by atoms with E-state index in [1.807, 2.05) is 24.3 Å². The molecule has 4 heteroatoms. The van der Waals surface area contributed by atoms with Crippen molar-refractivity contribution in [1.82, 2.24) is 0 Å². The van der Waals surface area contributed by atoms with Crippen LogP contribution in [0.4, 0.5) is 5.69 Å². The Morgan fingerprint density at radius 1 is 1.12 bits per heavy atom. The van der Waals surface area contributed by atoms with Crippen LogP contribution in [0.5, 0.6) is 0 Å². The van der Waals surface area contributed by atoms with Crippen LogP contribution >= 0.6 is 0 Å². The van der Waals surface area contributed by atoms with Crippen LogP contribution in [0.15, 0.2) is 42.5 Å². The zero-order chi connectivity index (χ0) is 18.1. The Balaban J connectivity index is 1.83. The molecule has 1 N–H and O–H groups in total. The maximum absolute atomic E-state index is 12.8. The third-order valence-corrected chi connectivity index (χ3v) is 4.70. The molecule has 0 fully saturated rings. The summed E-state index contributed by atoms with van der Waals surface area (Å²) in [7, 11) is 0. The Hall–Kier alpha value is -2.62. The lowest BCUT2D eigenvalue weighted by Crippen LogP contribution is -2.23. The van der Waals surface area contributed by atoms with E-state index in [9.17, 15) is 9.59 Å². The molecule has 0 radical (unpaired) electrons. The van der Waals surface area contributed by atoms with E-state index in [0.717, 1.165) is 28.8 Å². The number of carbonyl (C=O) groups is 2. The van der Waals surface area contributed by atoms with Gasteiger partial charge in [0, 0.05) is 11.3 Å². The molecule has 0 aromatic heterocycles. The standard InChI is InChI=1S/C21H23NO3/c1-13(2)10-15-4-5-17-12-22(20(23)19(17)11-15)18-8-6-16(7-9-18)14(3)21(24)25/h4-9,11,13-14H,10,12H2,1-3H3,(H,24,25). The first kappa shape index (κ1) is 17.2. The highest BCUT2D eigenvalue weighted by atomic mass is 16.4. The number of carboxylic acid groups (broad SMARTS) is 1. The van der Waals surface area contributed by atoms with Crippen LogP contribution in [0, 0.1) is 5.92 Å². The van der Waals surface area contributed by atoms with Gasteiger partial charge in [0.25, 0.3) is 5.91 Å². The lowest BCUT2D eigenvalue weighted by Gasteiger charge is -2.17. The summed E-state index contributed by atoms with van der Waals surface area (Å²) in [6.07, 6.45) is 0.961. The van der Waals surface area contributed by atoms with Crippen LogP contribution in [0.3, 0.4) is 0 Å². The molecule has 0 saturated carbocycles. The first-order valence-electron chi connectivity index (χ1n) is 8.63. The highest BCUT2D eigenvalue weighted by molar-refractivity contribution is 6.10. The summed E-state index contributed by atoms with van der Waals surface area (Å²) in [5.74, 6) is -0.844. The number of fused-ring (bicyclic) bond motifs is 1. The van der Waals surface area contributed by atoms with Crippen molar-refractivity contribution in [2.75, 3.05) is 4.90 Å². The van der Waals surface area contributed by atoms with Gasteiger partial charge in [0.05, 0.1) is 12.5 Å². The number of amides is 1. The molecule has 25 heavy (non-hydrogen) atoms. The number of anilines is 1. The molecule has 1 aliphatic rings. The van der Waals surface area contributed by atoms with Crippen molar-refractivity contribution < 1.29 is 14.7 Å². The molecule has 2 aromatic carbocycles. The minimum Gasteiger partial charge on any atom is -0.481 e. The lowest BCUT2D eigenvalue weighted by atomic mass is 9.99. The maximum Gasteiger partial charge on any atom is 0.310 e. The zero-order valence-corrected chi connectivity index (χ0v) is 14.8. The summed E-state index contributed by atoms with van der Waals surface area (Å²) in [6.45, 7) is 6.55. The second-order valence-corrected chi connectivity index (χ2v) is 7.13. The smallest absolute Gasteiger partial charge is 0.310 e. The second kappa shape index (κ2) is 6.71. The summed E-state index contributed by atoms with van der Waals surface area (Å²) >= 11 is 0. The molecule has 0 spiro atoms. The van der Waals surface area contributed by atoms with Gasteiger partial charge in [-0.05, 0) is 54.2 Å². The Labute approximate surface area is 148 Å². The lowest BCUT2D eigenvalue weighted by molar-refractivity contribution is -0.138. The van der Waals surface area contributed by atoms with Gasteiger partial charge in [-0.15, -0.1) is 0 Å². The van der Waals surface area contributed by atoms with E-state index in [-0.39, 0.29) is 5.91 Å². The maximum atomic E-state index is 12.8. The molecule has 2 aromatic rings. The Morgan fingerprint density at radius 3 is 2.40 bits per heavy atom. The number of hydrogen-bond acceptors (Lipinski definition) is 2. The van der Waals surface area contributed by atoms with Gasteiger partial charge in [0.1, 0.15) is 0 Å². The molecule has 1 amide bonds. The number of benzene rings is 2. The summed E-state index contributed by atoms with van der Waals surface area (Å²) in [5.41, 5.74) is 4.55. The van der Waals surface area contributed by atoms with Crippen LogP contribution in [-0.2, 0) is 17.8 Å². The molecule has 1 atom stereocenters. The van der Waals surface area contributed by atoms with Crippen LogP contribution in [0.25, 0.3) is 0 Å². The molecule has 4 nitrogen and oxygen atoms in total. The number of carbonyl (C=O) groups excluding carboxylic acids is 1. The van der Waals surface area contributed by atoms with Crippen LogP contribution < -0.4 is 4.90 Å². The molecule has 3 rings (SSSR count). The Morgan fingerprint density at radius 2 is 1.80 bits per heavy atom. The van der Waals surface area contributed by atoms with Crippen molar-refractivity contribution in [3.63, 3.8) is 0 Å². The Kier molecular flexibility index (Phi) is 4.62. The number of aliphatic carboxylic acids is 1. The number of nitrogens with zero attached hydrogens (tertiary/aromatic N) is 1. The van der Waals surface area contributed by atoms with Gasteiger partial charge >= 0.3 is 5.97 Å². The third-order valence-electron chi connectivity index (χ3n) is 4.70. The third kappa shape index (κ3) is 3.43. The van der Waals surface area contributed by atoms with E-state index >= 15 is 0 Å². The van der Waals surface area contributed by atoms with Crippen molar-refractivity contribution in [2.24, 2.45) is 5.92 Å². The van der Waals surface area contributed by atoms with Crippen LogP contribution in [-0.4, -0.2) is 17.0 Å². The molecule has 1 heterocycles. The zero-order valence-electron chi connectivity index (χ0n) is 14.8. The van der Waals surface area contributed by atoms with Crippen molar-refractivity contribution in [1.29, 1.82) is 0 Å². The topological polar surface area (TPSA) is 57.6 Å². The monoisotopic (exact) mass is 337 g/mol. The molecule has 130 valence electrons. The summed E-state index contributed by atoms with van der Waals surface area (Å²) < 4.78 is 0. The van der Waals surface area contributed by atoms with Gasteiger partial charge in [-0.3, -0.25) is 9.59 Å². The van der Waals surface area contributed by atoms with Gasteiger partial charge in [0.15, 0.2) is 0 Å². The van der Waals surface area contributed by atoms with Gasteiger partial charge in [-0.25, -0.2) is 0 Å². The molecular weight excluding hydrogens is 314 g/mol. The molecule has 0 saturated heterocycles. The van der Waals surface area contributed by atoms with E-state index in [2.05, 4.69) is 19.9 Å². The number of hydrogen-bond donors (Lipinski definition) is 1. The molecule has 0 bridgehead atoms. The van der Waals surface area contributed by atoms with Gasteiger partial charge in [-0.2, -0.15) is 0 Å². The summed E-state index contributed by atoms with van der Waals surface area (Å²) in [6, 6.07) is 13.4. The average molecular weight is 337 g/mol. The van der Waals surface area contributed by atoms with Gasteiger partial charge in [0.2, 0.25) is 0 Å². The van der Waals surface area contributed by atoms with Crippen molar-refractivity contribution in [2.45, 2.75) is 39.7 Å². The largest absolute Gasteiger partial charge is 0.481 e. The number of rotatable bonds is 5. The average Bonchev–Trinajstić information content (AvgIpc) is 2.90. The van der Waals surface area contributed by atoms with E-state index in [1.54, 1.807) is 24.0 Å².